The highest BCUT2D eigenvalue weighted by Crippen LogP contribution is 2.15. The lowest BCUT2D eigenvalue weighted by Gasteiger charge is -2.00. The second kappa shape index (κ2) is 3.68. The zero-order valence-electron chi connectivity index (χ0n) is 8.51. The van der Waals surface area contributed by atoms with Crippen molar-refractivity contribution in [2.75, 3.05) is 11.5 Å². The average molecular weight is 207 g/mol. The monoisotopic (exact) mass is 207 g/mol. The summed E-state index contributed by atoms with van der Waals surface area (Å²) in [5, 5.41) is 7.88. The summed E-state index contributed by atoms with van der Waals surface area (Å²) in [6.45, 7) is 2.87. The lowest BCUT2D eigenvalue weighted by atomic mass is 10.3. The molecule has 0 saturated carbocycles. The average Bonchev–Trinajstić information content (AvgIpc) is 2.58. The molecule has 0 unspecified atom stereocenters. The highest BCUT2D eigenvalue weighted by molar-refractivity contribution is 5.81. The molecule has 2 aromatic rings. The van der Waals surface area contributed by atoms with E-state index in [2.05, 4.69) is 27.2 Å². The highest BCUT2D eigenvalue weighted by atomic mass is 15.4. The predicted molar refractivity (Wildman–Crippen MR) is 56.9 cm³/mol. The molecule has 0 aromatic carbocycles. The molecule has 4 N–H and O–H groups in total. The minimum atomic E-state index is 0.153. The maximum absolute atomic E-state index is 5.65. The van der Waals surface area contributed by atoms with Crippen molar-refractivity contribution >= 4 is 22.9 Å². The standard InChI is InChI=1S/C8H13N7/c1-2-3-4-15-7-5(13-14-15)6(9)11-8(10)12-7/h2-4H2,1H3,(H4,9,10,11,12). The summed E-state index contributed by atoms with van der Waals surface area (Å²) < 4.78 is 1.70. The van der Waals surface area contributed by atoms with Gasteiger partial charge in [-0.05, 0) is 6.42 Å². The molecule has 0 spiro atoms. The maximum atomic E-state index is 5.65. The lowest BCUT2D eigenvalue weighted by molar-refractivity contribution is 0.564. The largest absolute Gasteiger partial charge is 0.382 e. The first-order valence-electron chi connectivity index (χ1n) is 4.84. The molecule has 80 valence electrons. The summed E-state index contributed by atoms with van der Waals surface area (Å²) in [5.74, 6) is 0.431. The Labute approximate surface area is 86.5 Å². The first kappa shape index (κ1) is 9.63. The van der Waals surface area contributed by atoms with E-state index in [1.54, 1.807) is 4.68 Å². The van der Waals surface area contributed by atoms with Crippen LogP contribution in [0.1, 0.15) is 19.8 Å². The van der Waals surface area contributed by atoms with Crippen molar-refractivity contribution in [1.29, 1.82) is 0 Å². The number of nitrogen functional groups attached to an aromatic ring is 2. The van der Waals surface area contributed by atoms with Gasteiger partial charge in [0.25, 0.3) is 0 Å². The first-order chi connectivity index (χ1) is 7.22. The number of anilines is 2. The summed E-state index contributed by atoms with van der Waals surface area (Å²) in [4.78, 5) is 7.90. The Kier molecular flexibility index (Phi) is 2.36. The van der Waals surface area contributed by atoms with Crippen molar-refractivity contribution in [3.05, 3.63) is 0 Å². The fourth-order valence-corrected chi connectivity index (χ4v) is 1.35. The molecular weight excluding hydrogens is 194 g/mol. The number of fused-ring (bicyclic) bond motifs is 1. The minimum Gasteiger partial charge on any atom is -0.382 e. The van der Waals surface area contributed by atoms with Gasteiger partial charge in [0.2, 0.25) is 5.95 Å². The summed E-state index contributed by atoms with van der Waals surface area (Å²) in [6.07, 6.45) is 2.10. The van der Waals surface area contributed by atoms with Gasteiger partial charge in [0, 0.05) is 6.54 Å². The molecule has 7 heteroatoms. The van der Waals surface area contributed by atoms with Crippen LogP contribution in [0.25, 0.3) is 11.2 Å². The third kappa shape index (κ3) is 1.67. The van der Waals surface area contributed by atoms with Crippen LogP contribution < -0.4 is 11.5 Å². The Balaban J connectivity index is 2.49. The molecule has 2 heterocycles. The second-order valence-electron chi connectivity index (χ2n) is 3.31. The van der Waals surface area contributed by atoms with E-state index >= 15 is 0 Å². The first-order valence-corrected chi connectivity index (χ1v) is 4.84. The molecule has 7 nitrogen and oxygen atoms in total. The summed E-state index contributed by atoms with van der Waals surface area (Å²) in [7, 11) is 0. The fourth-order valence-electron chi connectivity index (χ4n) is 1.35. The normalized spacial score (nSPS) is 11.0. The van der Waals surface area contributed by atoms with Crippen molar-refractivity contribution in [2.24, 2.45) is 0 Å². The Morgan fingerprint density at radius 1 is 1.27 bits per heavy atom. The number of unbranched alkanes of at least 4 members (excludes halogenated alkanes) is 1. The van der Waals surface area contributed by atoms with Gasteiger partial charge in [-0.3, -0.25) is 0 Å². The van der Waals surface area contributed by atoms with Gasteiger partial charge in [-0.1, -0.05) is 18.6 Å². The lowest BCUT2D eigenvalue weighted by Crippen LogP contribution is -2.04. The molecule has 0 aliphatic heterocycles. The maximum Gasteiger partial charge on any atom is 0.224 e. The molecular formula is C8H13N7. The van der Waals surface area contributed by atoms with Gasteiger partial charge in [0.15, 0.2) is 17.0 Å². The van der Waals surface area contributed by atoms with E-state index in [-0.39, 0.29) is 11.8 Å². The third-order valence-corrected chi connectivity index (χ3v) is 2.13. The minimum absolute atomic E-state index is 0.153. The predicted octanol–water partition coefficient (Wildman–Crippen LogP) is 0.186. The van der Waals surface area contributed by atoms with Crippen LogP contribution in [0.2, 0.25) is 0 Å². The van der Waals surface area contributed by atoms with Crippen LogP contribution >= 0.6 is 0 Å². The Bertz CT molecular complexity index is 475. The molecule has 0 aliphatic carbocycles. The van der Waals surface area contributed by atoms with E-state index in [1.165, 1.54) is 0 Å². The second-order valence-corrected chi connectivity index (χ2v) is 3.31. The van der Waals surface area contributed by atoms with E-state index in [0.29, 0.717) is 11.2 Å². The Morgan fingerprint density at radius 2 is 2.07 bits per heavy atom. The van der Waals surface area contributed by atoms with Gasteiger partial charge in [-0.15, -0.1) is 5.10 Å². The zero-order valence-corrected chi connectivity index (χ0v) is 8.51. The fraction of sp³-hybridized carbons (Fsp3) is 0.500. The van der Waals surface area contributed by atoms with Crippen molar-refractivity contribution < 1.29 is 0 Å². The number of rotatable bonds is 3. The van der Waals surface area contributed by atoms with Crippen molar-refractivity contribution in [3.8, 4) is 0 Å². The van der Waals surface area contributed by atoms with Gasteiger partial charge in [-0.25, -0.2) is 4.68 Å². The smallest absolute Gasteiger partial charge is 0.224 e. The molecule has 0 atom stereocenters. The Morgan fingerprint density at radius 3 is 2.80 bits per heavy atom. The van der Waals surface area contributed by atoms with Crippen LogP contribution in [0, 0.1) is 0 Å². The van der Waals surface area contributed by atoms with E-state index in [0.717, 1.165) is 19.4 Å². The van der Waals surface area contributed by atoms with E-state index < -0.39 is 0 Å². The molecule has 0 saturated heterocycles. The molecule has 0 amide bonds. The van der Waals surface area contributed by atoms with Crippen LogP contribution in [0.3, 0.4) is 0 Å². The van der Waals surface area contributed by atoms with Gasteiger partial charge in [0.1, 0.15) is 0 Å². The molecule has 0 aliphatic rings. The van der Waals surface area contributed by atoms with Crippen molar-refractivity contribution in [2.45, 2.75) is 26.3 Å². The van der Waals surface area contributed by atoms with Crippen molar-refractivity contribution in [1.82, 2.24) is 25.0 Å². The molecule has 2 rings (SSSR count). The number of hydrogen-bond donors (Lipinski definition) is 2. The number of aromatic nitrogens is 5. The van der Waals surface area contributed by atoms with Gasteiger partial charge in [0.05, 0.1) is 0 Å². The topological polar surface area (TPSA) is 109 Å². The summed E-state index contributed by atoms with van der Waals surface area (Å²) >= 11 is 0. The SMILES string of the molecule is CCCCn1nnc2c(N)nc(N)nc21. The van der Waals surface area contributed by atoms with E-state index in [4.69, 9.17) is 11.5 Å². The van der Waals surface area contributed by atoms with Crippen LogP contribution in [-0.2, 0) is 6.54 Å². The molecule has 2 aromatic heterocycles. The molecule has 0 fully saturated rings. The highest BCUT2D eigenvalue weighted by Gasteiger charge is 2.10. The Hall–Kier alpha value is -1.92. The van der Waals surface area contributed by atoms with Crippen LogP contribution in [0.4, 0.5) is 11.8 Å². The molecule has 15 heavy (non-hydrogen) atoms. The van der Waals surface area contributed by atoms with Gasteiger partial charge in [-0.2, -0.15) is 9.97 Å². The van der Waals surface area contributed by atoms with Crippen LogP contribution in [-0.4, -0.2) is 25.0 Å². The number of hydrogen-bond acceptors (Lipinski definition) is 6. The van der Waals surface area contributed by atoms with Gasteiger partial charge >= 0.3 is 0 Å². The van der Waals surface area contributed by atoms with E-state index in [9.17, 15) is 0 Å². The number of nitrogens with zero attached hydrogens (tertiary/aromatic N) is 5. The summed E-state index contributed by atoms with van der Waals surface area (Å²) in [6, 6.07) is 0. The zero-order chi connectivity index (χ0) is 10.8. The number of aryl methyl sites for hydroxylation is 1. The quantitative estimate of drug-likeness (QED) is 0.743. The third-order valence-electron chi connectivity index (χ3n) is 2.13. The van der Waals surface area contributed by atoms with Gasteiger partial charge < -0.3 is 11.5 Å². The van der Waals surface area contributed by atoms with Crippen LogP contribution in [0.5, 0.6) is 0 Å². The van der Waals surface area contributed by atoms with E-state index in [1.807, 2.05) is 0 Å². The van der Waals surface area contributed by atoms with Crippen molar-refractivity contribution in [3.63, 3.8) is 0 Å². The number of nitrogens with two attached hydrogens (primary N) is 2. The molecule has 0 bridgehead atoms. The van der Waals surface area contributed by atoms with Crippen LogP contribution in [0.15, 0.2) is 0 Å². The summed E-state index contributed by atoms with van der Waals surface area (Å²) in [5.41, 5.74) is 12.3. The molecule has 0 radical (unpaired) electrons.